The number of benzene rings is 2. The van der Waals surface area contributed by atoms with Gasteiger partial charge in [0.05, 0.1) is 13.0 Å². The Labute approximate surface area is 160 Å². The maximum Gasteiger partial charge on any atom is 0.255 e. The van der Waals surface area contributed by atoms with Gasteiger partial charge in [-0.05, 0) is 47.3 Å². The molecule has 0 aliphatic carbocycles. The highest BCUT2D eigenvalue weighted by Crippen LogP contribution is 2.15. The fourth-order valence-electron chi connectivity index (χ4n) is 2.39. The molecule has 2 amide bonds. The summed E-state index contributed by atoms with van der Waals surface area (Å²) in [5, 5.41) is 8.21. The van der Waals surface area contributed by atoms with Gasteiger partial charge in [0.1, 0.15) is 0 Å². The van der Waals surface area contributed by atoms with Crippen LogP contribution in [0.3, 0.4) is 0 Å². The molecule has 0 saturated carbocycles. The van der Waals surface area contributed by atoms with Crippen LogP contribution in [0.25, 0.3) is 0 Å². The van der Waals surface area contributed by atoms with E-state index in [0.717, 1.165) is 10.4 Å². The van der Waals surface area contributed by atoms with Crippen LogP contribution in [0.2, 0.25) is 5.02 Å². The van der Waals surface area contributed by atoms with E-state index in [-0.39, 0.29) is 11.8 Å². The Kier molecular flexibility index (Phi) is 6.04. The Bertz CT molecular complexity index is 892. The third-order valence-corrected chi connectivity index (χ3v) is 4.81. The van der Waals surface area contributed by atoms with E-state index in [4.69, 9.17) is 11.6 Å². The molecule has 6 heteroatoms. The summed E-state index contributed by atoms with van der Waals surface area (Å²) in [6.45, 7) is 0.546. The third kappa shape index (κ3) is 5.18. The van der Waals surface area contributed by atoms with Gasteiger partial charge in [0, 0.05) is 21.2 Å². The van der Waals surface area contributed by atoms with Gasteiger partial charge >= 0.3 is 0 Å². The van der Waals surface area contributed by atoms with Gasteiger partial charge in [-0.1, -0.05) is 35.9 Å². The average molecular weight is 385 g/mol. The monoisotopic (exact) mass is 384 g/mol. The standard InChI is InChI=1S/C20H17ClN2O2S/c21-16-4-1-3-15(12-16)20(25)23-17-8-6-14(7-9-17)11-19(24)22-13-18-5-2-10-26-18/h1-10,12H,11,13H2,(H,22,24)(H,23,25). The van der Waals surface area contributed by atoms with Gasteiger partial charge in [-0.2, -0.15) is 0 Å². The number of nitrogens with one attached hydrogen (secondary N) is 2. The number of rotatable bonds is 6. The fraction of sp³-hybridized carbons (Fsp3) is 0.100. The number of amides is 2. The Hall–Kier alpha value is -2.63. The smallest absolute Gasteiger partial charge is 0.255 e. The minimum Gasteiger partial charge on any atom is -0.351 e. The van der Waals surface area contributed by atoms with Crippen molar-refractivity contribution in [3.8, 4) is 0 Å². The van der Waals surface area contributed by atoms with Gasteiger partial charge in [-0.15, -0.1) is 11.3 Å². The molecular formula is C20H17ClN2O2S. The topological polar surface area (TPSA) is 58.2 Å². The van der Waals surface area contributed by atoms with Gasteiger partial charge in [0.25, 0.3) is 5.91 Å². The van der Waals surface area contributed by atoms with Crippen molar-refractivity contribution in [2.75, 3.05) is 5.32 Å². The molecule has 3 aromatic rings. The summed E-state index contributed by atoms with van der Waals surface area (Å²) < 4.78 is 0. The Morgan fingerprint density at radius 3 is 2.50 bits per heavy atom. The number of carbonyl (C=O) groups is 2. The zero-order valence-electron chi connectivity index (χ0n) is 13.9. The molecule has 0 unspecified atom stereocenters. The third-order valence-electron chi connectivity index (χ3n) is 3.70. The van der Waals surface area contributed by atoms with E-state index in [1.165, 1.54) is 0 Å². The van der Waals surface area contributed by atoms with E-state index in [1.807, 2.05) is 29.6 Å². The van der Waals surface area contributed by atoms with Crippen LogP contribution in [-0.4, -0.2) is 11.8 Å². The Morgan fingerprint density at radius 2 is 1.81 bits per heavy atom. The quantitative estimate of drug-likeness (QED) is 0.656. The molecule has 0 bridgehead atoms. The predicted molar refractivity (Wildman–Crippen MR) is 106 cm³/mol. The van der Waals surface area contributed by atoms with Crippen LogP contribution in [-0.2, 0) is 17.8 Å². The predicted octanol–water partition coefficient (Wildman–Crippen LogP) is 4.51. The molecule has 26 heavy (non-hydrogen) atoms. The number of anilines is 1. The van der Waals surface area contributed by atoms with E-state index in [9.17, 15) is 9.59 Å². The van der Waals surface area contributed by atoms with Crippen molar-refractivity contribution in [2.24, 2.45) is 0 Å². The molecule has 0 spiro atoms. The number of hydrogen-bond donors (Lipinski definition) is 2. The van der Waals surface area contributed by atoms with Gasteiger partial charge in [-0.25, -0.2) is 0 Å². The molecule has 3 rings (SSSR count). The minimum atomic E-state index is -0.228. The average Bonchev–Trinajstić information content (AvgIpc) is 3.15. The molecule has 2 aromatic carbocycles. The molecule has 132 valence electrons. The summed E-state index contributed by atoms with van der Waals surface area (Å²) in [7, 11) is 0. The maximum absolute atomic E-state index is 12.2. The molecular weight excluding hydrogens is 368 g/mol. The molecule has 1 aromatic heterocycles. The second-order valence-electron chi connectivity index (χ2n) is 5.69. The van der Waals surface area contributed by atoms with Crippen LogP contribution in [0.1, 0.15) is 20.8 Å². The first-order valence-corrected chi connectivity index (χ1v) is 9.31. The van der Waals surface area contributed by atoms with Gasteiger partial charge in [-0.3, -0.25) is 9.59 Å². The van der Waals surface area contributed by atoms with E-state index in [1.54, 1.807) is 47.7 Å². The Morgan fingerprint density at radius 1 is 1.00 bits per heavy atom. The SMILES string of the molecule is O=C(Cc1ccc(NC(=O)c2cccc(Cl)c2)cc1)NCc1cccs1. The fourth-order valence-corrected chi connectivity index (χ4v) is 3.22. The normalized spacial score (nSPS) is 10.3. The first kappa shape index (κ1) is 18.2. The highest BCUT2D eigenvalue weighted by atomic mass is 35.5. The van der Waals surface area contributed by atoms with Crippen LogP contribution in [0, 0.1) is 0 Å². The summed E-state index contributed by atoms with van der Waals surface area (Å²) in [6.07, 6.45) is 0.299. The molecule has 0 fully saturated rings. The summed E-state index contributed by atoms with van der Waals surface area (Å²) in [5.74, 6) is -0.261. The molecule has 0 atom stereocenters. The van der Waals surface area contributed by atoms with E-state index >= 15 is 0 Å². The van der Waals surface area contributed by atoms with Crippen molar-refractivity contribution in [3.63, 3.8) is 0 Å². The number of thiophene rings is 1. The first-order chi connectivity index (χ1) is 12.6. The zero-order chi connectivity index (χ0) is 18.4. The van der Waals surface area contributed by atoms with Crippen molar-refractivity contribution in [1.29, 1.82) is 0 Å². The lowest BCUT2D eigenvalue weighted by Crippen LogP contribution is -2.24. The zero-order valence-corrected chi connectivity index (χ0v) is 15.4. The van der Waals surface area contributed by atoms with Crippen molar-refractivity contribution >= 4 is 40.4 Å². The summed E-state index contributed by atoms with van der Waals surface area (Å²) in [4.78, 5) is 25.3. The van der Waals surface area contributed by atoms with Gasteiger partial charge in [0.15, 0.2) is 0 Å². The van der Waals surface area contributed by atoms with Crippen LogP contribution < -0.4 is 10.6 Å². The van der Waals surface area contributed by atoms with E-state index < -0.39 is 0 Å². The van der Waals surface area contributed by atoms with Crippen molar-refractivity contribution in [1.82, 2.24) is 5.32 Å². The molecule has 1 heterocycles. The first-order valence-electron chi connectivity index (χ1n) is 8.05. The molecule has 0 aliphatic heterocycles. The highest BCUT2D eigenvalue weighted by molar-refractivity contribution is 7.09. The number of halogens is 1. The minimum absolute atomic E-state index is 0.0332. The summed E-state index contributed by atoms with van der Waals surface area (Å²) >= 11 is 7.52. The van der Waals surface area contributed by atoms with Gasteiger partial charge < -0.3 is 10.6 Å². The van der Waals surface area contributed by atoms with E-state index in [0.29, 0.717) is 29.2 Å². The van der Waals surface area contributed by atoms with Crippen LogP contribution in [0.5, 0.6) is 0 Å². The summed E-state index contributed by atoms with van der Waals surface area (Å²) in [5.41, 5.74) is 2.04. The number of carbonyl (C=O) groups excluding carboxylic acids is 2. The van der Waals surface area contributed by atoms with Crippen LogP contribution in [0.15, 0.2) is 66.0 Å². The summed E-state index contributed by atoms with van der Waals surface area (Å²) in [6, 6.07) is 17.9. The largest absolute Gasteiger partial charge is 0.351 e. The second kappa shape index (κ2) is 8.65. The van der Waals surface area contributed by atoms with E-state index in [2.05, 4.69) is 10.6 Å². The van der Waals surface area contributed by atoms with Crippen LogP contribution in [0.4, 0.5) is 5.69 Å². The lowest BCUT2D eigenvalue weighted by Gasteiger charge is -2.07. The second-order valence-corrected chi connectivity index (χ2v) is 7.16. The van der Waals surface area contributed by atoms with Gasteiger partial charge in [0.2, 0.25) is 5.91 Å². The number of hydrogen-bond acceptors (Lipinski definition) is 3. The molecule has 2 N–H and O–H groups in total. The van der Waals surface area contributed by atoms with Crippen molar-refractivity contribution in [2.45, 2.75) is 13.0 Å². The lowest BCUT2D eigenvalue weighted by molar-refractivity contribution is -0.120. The molecule has 0 radical (unpaired) electrons. The molecule has 0 saturated heterocycles. The van der Waals surface area contributed by atoms with Crippen molar-refractivity contribution < 1.29 is 9.59 Å². The highest BCUT2D eigenvalue weighted by Gasteiger charge is 2.08. The molecule has 4 nitrogen and oxygen atoms in total. The molecule has 0 aliphatic rings. The lowest BCUT2D eigenvalue weighted by atomic mass is 10.1. The Balaban J connectivity index is 1.53. The van der Waals surface area contributed by atoms with Crippen molar-refractivity contribution in [3.05, 3.63) is 87.1 Å². The van der Waals surface area contributed by atoms with Crippen LogP contribution >= 0.6 is 22.9 Å². The maximum atomic E-state index is 12.2.